The molecule has 1 fully saturated rings. The number of nitrogens with one attached hydrogen (secondary N) is 1. The van der Waals surface area contributed by atoms with Gasteiger partial charge >= 0.3 is 0 Å². The number of nitrogens with zero attached hydrogens (tertiary/aromatic N) is 5. The first-order valence-corrected chi connectivity index (χ1v) is 11.6. The van der Waals surface area contributed by atoms with E-state index in [0.717, 1.165) is 12.8 Å². The highest BCUT2D eigenvalue weighted by Crippen LogP contribution is 2.40. The zero-order valence-corrected chi connectivity index (χ0v) is 19.4. The van der Waals surface area contributed by atoms with Crippen LogP contribution in [0.4, 0.5) is 16.0 Å². The molecule has 2 aromatic carbocycles. The SMILES string of the molecule is C[C@H](Nc1ncnc(N)c1-c1nc(C2CC2)no1)c1cc2cccc(F)c2c(=O)n1-c1ccccc1. The Morgan fingerprint density at radius 1 is 1.14 bits per heavy atom. The van der Waals surface area contributed by atoms with Gasteiger partial charge in [0.05, 0.1) is 11.4 Å². The van der Waals surface area contributed by atoms with Gasteiger partial charge in [-0.2, -0.15) is 4.98 Å². The van der Waals surface area contributed by atoms with Gasteiger partial charge in [0.2, 0.25) is 0 Å². The maximum Gasteiger partial charge on any atom is 0.266 e. The Hall–Kier alpha value is -4.60. The fourth-order valence-electron chi connectivity index (χ4n) is 4.34. The molecule has 3 aromatic heterocycles. The smallest absolute Gasteiger partial charge is 0.266 e. The van der Waals surface area contributed by atoms with E-state index in [-0.39, 0.29) is 17.1 Å². The molecule has 0 radical (unpaired) electrons. The third-order valence-electron chi connectivity index (χ3n) is 6.31. The number of aromatic nitrogens is 5. The lowest BCUT2D eigenvalue weighted by atomic mass is 10.1. The summed E-state index contributed by atoms with van der Waals surface area (Å²) in [6.45, 7) is 1.88. The quantitative estimate of drug-likeness (QED) is 0.359. The summed E-state index contributed by atoms with van der Waals surface area (Å²) in [5.74, 6) is 1.18. The van der Waals surface area contributed by atoms with E-state index < -0.39 is 17.4 Å². The number of pyridine rings is 1. The molecule has 180 valence electrons. The molecule has 9 nitrogen and oxygen atoms in total. The number of fused-ring (bicyclic) bond motifs is 1. The summed E-state index contributed by atoms with van der Waals surface area (Å²) in [6, 6.07) is 15.0. The number of nitrogen functional groups attached to an aromatic ring is 1. The van der Waals surface area contributed by atoms with Crippen LogP contribution in [0.2, 0.25) is 0 Å². The van der Waals surface area contributed by atoms with E-state index in [1.165, 1.54) is 17.0 Å². The fraction of sp³-hybridized carbons (Fsp3) is 0.192. The van der Waals surface area contributed by atoms with E-state index in [1.807, 2.05) is 25.1 Å². The first kappa shape index (κ1) is 21.9. The number of benzene rings is 2. The Morgan fingerprint density at radius 2 is 1.94 bits per heavy atom. The number of halogens is 1. The van der Waals surface area contributed by atoms with Gasteiger partial charge in [0, 0.05) is 17.3 Å². The minimum atomic E-state index is -0.567. The second kappa shape index (κ2) is 8.56. The van der Waals surface area contributed by atoms with Gasteiger partial charge in [-0.05, 0) is 49.4 Å². The molecule has 3 heterocycles. The van der Waals surface area contributed by atoms with Gasteiger partial charge in [-0.1, -0.05) is 35.5 Å². The molecule has 5 aromatic rings. The molecule has 1 aliphatic rings. The van der Waals surface area contributed by atoms with Gasteiger partial charge < -0.3 is 15.6 Å². The molecule has 0 aliphatic heterocycles. The second-order valence-electron chi connectivity index (χ2n) is 8.83. The van der Waals surface area contributed by atoms with Gasteiger partial charge in [0.15, 0.2) is 5.82 Å². The van der Waals surface area contributed by atoms with E-state index >= 15 is 0 Å². The normalized spacial score (nSPS) is 14.2. The second-order valence-corrected chi connectivity index (χ2v) is 8.83. The van der Waals surface area contributed by atoms with Crippen molar-refractivity contribution in [2.45, 2.75) is 31.7 Å². The molecule has 3 N–H and O–H groups in total. The van der Waals surface area contributed by atoms with E-state index in [2.05, 4.69) is 25.4 Å². The number of anilines is 2. The van der Waals surface area contributed by atoms with Crippen molar-refractivity contribution in [2.24, 2.45) is 0 Å². The van der Waals surface area contributed by atoms with Crippen molar-refractivity contribution in [3.05, 3.63) is 88.6 Å². The van der Waals surface area contributed by atoms with E-state index in [4.69, 9.17) is 10.3 Å². The zero-order chi connectivity index (χ0) is 24.8. The minimum Gasteiger partial charge on any atom is -0.383 e. The van der Waals surface area contributed by atoms with Crippen LogP contribution >= 0.6 is 0 Å². The molecule has 6 rings (SSSR count). The van der Waals surface area contributed by atoms with E-state index in [0.29, 0.717) is 39.9 Å². The van der Waals surface area contributed by atoms with Crippen LogP contribution in [-0.2, 0) is 0 Å². The summed E-state index contributed by atoms with van der Waals surface area (Å²) in [5.41, 5.74) is 7.36. The highest BCUT2D eigenvalue weighted by molar-refractivity contribution is 5.83. The van der Waals surface area contributed by atoms with Crippen molar-refractivity contribution in [1.82, 2.24) is 24.7 Å². The summed E-state index contributed by atoms with van der Waals surface area (Å²) in [4.78, 5) is 26.5. The molecule has 0 saturated heterocycles. The number of hydrogen-bond acceptors (Lipinski definition) is 8. The molecule has 1 saturated carbocycles. The summed E-state index contributed by atoms with van der Waals surface area (Å²) < 4.78 is 21.7. The van der Waals surface area contributed by atoms with Gasteiger partial charge in [-0.15, -0.1) is 0 Å². The Balaban J connectivity index is 1.47. The maximum absolute atomic E-state index is 14.7. The molecule has 36 heavy (non-hydrogen) atoms. The average Bonchev–Trinajstić information content (AvgIpc) is 3.62. The summed E-state index contributed by atoms with van der Waals surface area (Å²) in [7, 11) is 0. The minimum absolute atomic E-state index is 0.0303. The van der Waals surface area contributed by atoms with Crippen LogP contribution in [-0.4, -0.2) is 24.7 Å². The lowest BCUT2D eigenvalue weighted by Crippen LogP contribution is -2.26. The van der Waals surface area contributed by atoms with Crippen LogP contribution in [0.25, 0.3) is 27.9 Å². The fourth-order valence-corrected chi connectivity index (χ4v) is 4.34. The predicted molar refractivity (Wildman–Crippen MR) is 133 cm³/mol. The van der Waals surface area contributed by atoms with E-state index in [1.54, 1.807) is 30.3 Å². The summed E-state index contributed by atoms with van der Waals surface area (Å²) >= 11 is 0. The van der Waals surface area contributed by atoms with Gasteiger partial charge in [0.1, 0.15) is 29.3 Å². The van der Waals surface area contributed by atoms with Crippen LogP contribution in [0.3, 0.4) is 0 Å². The molecule has 10 heteroatoms. The monoisotopic (exact) mass is 483 g/mol. The molecule has 1 aliphatic carbocycles. The third kappa shape index (κ3) is 3.76. The van der Waals surface area contributed by atoms with Crippen LogP contribution in [0.15, 0.2) is 70.2 Å². The number of hydrogen-bond donors (Lipinski definition) is 2. The number of rotatable bonds is 6. The molecule has 0 spiro atoms. The highest BCUT2D eigenvalue weighted by Gasteiger charge is 2.30. The van der Waals surface area contributed by atoms with Crippen LogP contribution in [0.5, 0.6) is 0 Å². The topological polar surface area (TPSA) is 125 Å². The van der Waals surface area contributed by atoms with Gasteiger partial charge in [-0.3, -0.25) is 9.36 Å². The Labute approximate surface area is 204 Å². The third-order valence-corrected chi connectivity index (χ3v) is 6.31. The first-order valence-electron chi connectivity index (χ1n) is 11.6. The van der Waals surface area contributed by atoms with Crippen molar-refractivity contribution in [1.29, 1.82) is 0 Å². The zero-order valence-electron chi connectivity index (χ0n) is 19.4. The van der Waals surface area contributed by atoms with Gasteiger partial charge in [0.25, 0.3) is 11.4 Å². The Bertz CT molecular complexity index is 1640. The van der Waals surface area contributed by atoms with Crippen molar-refractivity contribution < 1.29 is 8.91 Å². The summed E-state index contributed by atoms with van der Waals surface area (Å²) in [5, 5.41) is 7.93. The van der Waals surface area contributed by atoms with Crippen molar-refractivity contribution >= 4 is 22.4 Å². The van der Waals surface area contributed by atoms with Gasteiger partial charge in [-0.25, -0.2) is 14.4 Å². The molecule has 0 bridgehead atoms. The lowest BCUT2D eigenvalue weighted by molar-refractivity contribution is 0.422. The Morgan fingerprint density at radius 3 is 2.72 bits per heavy atom. The Kier molecular flexibility index (Phi) is 5.21. The molecule has 0 amide bonds. The predicted octanol–water partition coefficient (Wildman–Crippen LogP) is 4.60. The summed E-state index contributed by atoms with van der Waals surface area (Å²) in [6.07, 6.45) is 3.40. The number of para-hydroxylation sites is 1. The number of nitrogens with two attached hydrogens (primary N) is 1. The first-order chi connectivity index (χ1) is 17.5. The van der Waals surface area contributed by atoms with Crippen LogP contribution < -0.4 is 16.6 Å². The van der Waals surface area contributed by atoms with Crippen LogP contribution in [0, 0.1) is 5.82 Å². The maximum atomic E-state index is 14.7. The highest BCUT2D eigenvalue weighted by atomic mass is 19.1. The molecular weight excluding hydrogens is 461 g/mol. The molecular formula is C26H22FN7O2. The largest absolute Gasteiger partial charge is 0.383 e. The lowest BCUT2D eigenvalue weighted by Gasteiger charge is -2.22. The van der Waals surface area contributed by atoms with Crippen molar-refractivity contribution in [2.75, 3.05) is 11.1 Å². The van der Waals surface area contributed by atoms with Crippen molar-refractivity contribution in [3.63, 3.8) is 0 Å². The average molecular weight is 484 g/mol. The van der Waals surface area contributed by atoms with Crippen LogP contribution in [0.1, 0.15) is 43.2 Å². The standard InChI is InChI=1S/C26H22FN7O2/c1-14(31-24-21(22(28)29-13-30-24)25-32-23(33-36-25)15-10-11-15)19-12-16-6-5-9-18(27)20(16)26(35)34(19)17-7-3-2-4-8-17/h2-9,12-15H,10-11H2,1H3,(H3,28,29,30,31)/t14-/m0/s1. The molecule has 0 unspecified atom stereocenters. The van der Waals surface area contributed by atoms with Crippen molar-refractivity contribution in [3.8, 4) is 17.1 Å². The van der Waals surface area contributed by atoms with E-state index in [9.17, 15) is 9.18 Å². The molecule has 1 atom stereocenters.